The Morgan fingerprint density at radius 3 is 2.26 bits per heavy atom. The van der Waals surface area contributed by atoms with E-state index >= 15 is 0 Å². The summed E-state index contributed by atoms with van der Waals surface area (Å²) in [5.41, 5.74) is -3.42. The number of H-pyrrole nitrogens is 1. The number of carbonyl (C=O) groups is 1. The molecule has 2 fully saturated rings. The number of aromatic nitrogens is 4. The summed E-state index contributed by atoms with van der Waals surface area (Å²) >= 11 is 0. The number of rotatable bonds is 4. The van der Waals surface area contributed by atoms with Gasteiger partial charge in [0.1, 0.15) is 5.56 Å². The molecule has 2 aliphatic heterocycles. The number of alkyl halides is 6. The molecular weight excluding hydrogens is 484 g/mol. The Kier molecular flexibility index (Phi) is 6.71. The summed E-state index contributed by atoms with van der Waals surface area (Å²) in [5.74, 6) is -0.363. The molecule has 2 aromatic rings. The molecule has 0 bridgehead atoms. The Hall–Kier alpha value is -3.23. The molecule has 4 heterocycles. The highest BCUT2D eigenvalue weighted by Gasteiger charge is 2.36. The van der Waals surface area contributed by atoms with E-state index in [0.717, 1.165) is 18.5 Å². The molecule has 1 amide bonds. The summed E-state index contributed by atoms with van der Waals surface area (Å²) in [6.45, 7) is 2.23. The van der Waals surface area contributed by atoms with Gasteiger partial charge < -0.3 is 9.80 Å². The van der Waals surface area contributed by atoms with Crippen molar-refractivity contribution in [2.24, 2.45) is 0 Å². The van der Waals surface area contributed by atoms with E-state index in [1.54, 1.807) is 9.80 Å². The van der Waals surface area contributed by atoms with Gasteiger partial charge in [-0.1, -0.05) is 0 Å². The normalized spacial score (nSPS) is 19.9. The van der Waals surface area contributed by atoms with Crippen LogP contribution in [0, 0.1) is 0 Å². The van der Waals surface area contributed by atoms with Gasteiger partial charge in [0.05, 0.1) is 17.8 Å². The first-order valence-electron chi connectivity index (χ1n) is 10.7. The SMILES string of the molecule is O=C(CN1CCC(c2cc(C(F)(F)F)c(=O)[nH]n2)C1)N1CCN(c2ncc(C(F)(F)F)cn2)CC1. The van der Waals surface area contributed by atoms with E-state index in [0.29, 0.717) is 45.7 Å². The number of nitrogens with zero attached hydrogens (tertiary/aromatic N) is 6. The number of anilines is 1. The third kappa shape index (κ3) is 5.71. The molecule has 2 aromatic heterocycles. The third-order valence-electron chi connectivity index (χ3n) is 6.06. The lowest BCUT2D eigenvalue weighted by atomic mass is 10.0. The zero-order chi connectivity index (χ0) is 25.4. The molecule has 0 radical (unpaired) electrons. The van der Waals surface area contributed by atoms with Crippen molar-refractivity contribution in [1.82, 2.24) is 30.0 Å². The number of amides is 1. The van der Waals surface area contributed by atoms with Crippen LogP contribution in [0.25, 0.3) is 0 Å². The second-order valence-corrected chi connectivity index (χ2v) is 8.39. The van der Waals surface area contributed by atoms with E-state index in [4.69, 9.17) is 0 Å². The van der Waals surface area contributed by atoms with Crippen molar-refractivity contribution in [3.63, 3.8) is 0 Å². The van der Waals surface area contributed by atoms with Crippen LogP contribution in [-0.2, 0) is 17.1 Å². The highest BCUT2D eigenvalue weighted by atomic mass is 19.4. The van der Waals surface area contributed by atoms with E-state index in [2.05, 4.69) is 15.1 Å². The van der Waals surface area contributed by atoms with Crippen LogP contribution >= 0.6 is 0 Å². The Morgan fingerprint density at radius 1 is 1.00 bits per heavy atom. The summed E-state index contributed by atoms with van der Waals surface area (Å²) in [6.07, 6.45) is -7.38. The monoisotopic (exact) mass is 505 g/mol. The van der Waals surface area contributed by atoms with Crippen LogP contribution in [0.4, 0.5) is 32.3 Å². The van der Waals surface area contributed by atoms with Crippen molar-refractivity contribution in [2.45, 2.75) is 24.7 Å². The predicted molar refractivity (Wildman–Crippen MR) is 109 cm³/mol. The minimum absolute atomic E-state index is 0.0722. The van der Waals surface area contributed by atoms with Crippen molar-refractivity contribution in [3.8, 4) is 0 Å². The number of carbonyl (C=O) groups excluding carboxylic acids is 1. The smallest absolute Gasteiger partial charge is 0.338 e. The fourth-order valence-electron chi connectivity index (χ4n) is 4.14. The molecule has 4 rings (SSSR count). The van der Waals surface area contributed by atoms with Crippen LogP contribution < -0.4 is 10.5 Å². The van der Waals surface area contributed by atoms with Gasteiger partial charge in [0, 0.05) is 51.0 Å². The molecule has 2 aliphatic rings. The van der Waals surface area contributed by atoms with E-state index in [-0.39, 0.29) is 30.0 Å². The number of aromatic amines is 1. The number of piperazine rings is 1. The van der Waals surface area contributed by atoms with Crippen LogP contribution in [0.15, 0.2) is 23.3 Å². The molecule has 2 saturated heterocycles. The molecule has 9 nitrogen and oxygen atoms in total. The zero-order valence-corrected chi connectivity index (χ0v) is 18.2. The predicted octanol–water partition coefficient (Wildman–Crippen LogP) is 1.74. The maximum atomic E-state index is 13.0. The average Bonchev–Trinajstić information content (AvgIpc) is 3.26. The molecule has 1 N–H and O–H groups in total. The highest BCUT2D eigenvalue weighted by molar-refractivity contribution is 5.78. The Morgan fingerprint density at radius 2 is 1.66 bits per heavy atom. The van der Waals surface area contributed by atoms with E-state index < -0.39 is 29.0 Å². The van der Waals surface area contributed by atoms with Crippen molar-refractivity contribution in [2.75, 3.05) is 50.7 Å². The highest BCUT2D eigenvalue weighted by Crippen LogP contribution is 2.31. The van der Waals surface area contributed by atoms with Crippen molar-refractivity contribution in [3.05, 3.63) is 45.6 Å². The van der Waals surface area contributed by atoms with Crippen LogP contribution in [0.1, 0.15) is 29.2 Å². The number of halogens is 6. The third-order valence-corrected chi connectivity index (χ3v) is 6.06. The standard InChI is InChI=1S/C20H21F6N7O2/c21-19(22,23)13-8-27-18(28-9-13)33-5-3-32(4-6-33)16(34)11-31-2-1-12(10-31)15-7-14(20(24,25)26)17(35)30-29-15/h7-9,12H,1-6,10-11H2,(H,30,35). The van der Waals surface area contributed by atoms with Gasteiger partial charge in [-0.15, -0.1) is 0 Å². The van der Waals surface area contributed by atoms with Crippen LogP contribution in [0.2, 0.25) is 0 Å². The van der Waals surface area contributed by atoms with Gasteiger partial charge in [-0.2, -0.15) is 31.4 Å². The van der Waals surface area contributed by atoms with Gasteiger partial charge in [0.2, 0.25) is 11.9 Å². The molecule has 1 unspecified atom stereocenters. The average molecular weight is 505 g/mol. The van der Waals surface area contributed by atoms with E-state index in [1.165, 1.54) is 0 Å². The van der Waals surface area contributed by atoms with Crippen molar-refractivity contribution in [1.29, 1.82) is 0 Å². The number of hydrogen-bond acceptors (Lipinski definition) is 7. The maximum absolute atomic E-state index is 13.0. The molecule has 15 heteroatoms. The molecule has 190 valence electrons. The maximum Gasteiger partial charge on any atom is 0.421 e. The van der Waals surface area contributed by atoms with Gasteiger partial charge in [0.15, 0.2) is 0 Å². The molecule has 0 spiro atoms. The summed E-state index contributed by atoms with van der Waals surface area (Å²) in [5, 5.41) is 5.65. The molecular formula is C20H21F6N7O2. The summed E-state index contributed by atoms with van der Waals surface area (Å²) < 4.78 is 77.0. The van der Waals surface area contributed by atoms with E-state index in [9.17, 15) is 35.9 Å². The lowest BCUT2D eigenvalue weighted by Gasteiger charge is -2.35. The van der Waals surface area contributed by atoms with Crippen molar-refractivity contribution >= 4 is 11.9 Å². The van der Waals surface area contributed by atoms with Gasteiger partial charge in [-0.3, -0.25) is 14.5 Å². The van der Waals surface area contributed by atoms with Gasteiger partial charge in [-0.05, 0) is 19.0 Å². The Labute approximate surface area is 194 Å². The Bertz CT molecular complexity index is 1110. The lowest BCUT2D eigenvalue weighted by Crippen LogP contribution is -2.51. The topological polar surface area (TPSA) is 98.3 Å². The second kappa shape index (κ2) is 9.43. The molecule has 1 atom stereocenters. The second-order valence-electron chi connectivity index (χ2n) is 8.39. The molecule has 0 aliphatic carbocycles. The van der Waals surface area contributed by atoms with Gasteiger partial charge in [0.25, 0.3) is 5.56 Å². The first-order valence-corrected chi connectivity index (χ1v) is 10.7. The summed E-state index contributed by atoms with van der Waals surface area (Å²) in [7, 11) is 0. The molecule has 35 heavy (non-hydrogen) atoms. The van der Waals surface area contributed by atoms with Crippen LogP contribution in [0.3, 0.4) is 0 Å². The van der Waals surface area contributed by atoms with Gasteiger partial charge in [-0.25, -0.2) is 15.1 Å². The zero-order valence-electron chi connectivity index (χ0n) is 18.2. The first-order chi connectivity index (χ1) is 16.4. The minimum Gasteiger partial charge on any atom is -0.338 e. The number of hydrogen-bond donors (Lipinski definition) is 1. The van der Waals surface area contributed by atoms with Crippen LogP contribution in [-0.4, -0.2) is 81.7 Å². The quantitative estimate of drug-likeness (QED) is 0.633. The summed E-state index contributed by atoms with van der Waals surface area (Å²) in [6, 6.07) is 0.761. The van der Waals surface area contributed by atoms with Gasteiger partial charge >= 0.3 is 12.4 Å². The first kappa shape index (κ1) is 24.9. The fourth-order valence-corrected chi connectivity index (χ4v) is 4.14. The minimum atomic E-state index is -4.78. The van der Waals surface area contributed by atoms with Crippen LogP contribution in [0.5, 0.6) is 0 Å². The van der Waals surface area contributed by atoms with Crippen molar-refractivity contribution < 1.29 is 31.1 Å². The number of likely N-dealkylation sites (tertiary alicyclic amines) is 1. The molecule has 0 saturated carbocycles. The lowest BCUT2D eigenvalue weighted by molar-refractivity contribution is -0.139. The Balaban J connectivity index is 1.29. The molecule has 0 aromatic carbocycles. The fraction of sp³-hybridized carbons (Fsp3) is 0.550. The van der Waals surface area contributed by atoms with E-state index in [1.807, 2.05) is 10.00 Å². The largest absolute Gasteiger partial charge is 0.421 e. The number of nitrogens with one attached hydrogen (secondary N) is 1. The summed E-state index contributed by atoms with van der Waals surface area (Å²) in [4.78, 5) is 36.8.